The molecule has 37 heavy (non-hydrogen) atoms. The van der Waals surface area contributed by atoms with Crippen LogP contribution in [0.2, 0.25) is 0 Å². The summed E-state index contributed by atoms with van der Waals surface area (Å²) in [5.41, 5.74) is 7.14. The first-order valence-corrected chi connectivity index (χ1v) is 11.8. The van der Waals surface area contributed by atoms with Crippen LogP contribution in [0.1, 0.15) is 41.8 Å². The fourth-order valence-electron chi connectivity index (χ4n) is 3.47. The van der Waals surface area contributed by atoms with Crippen LogP contribution in [-0.4, -0.2) is 53.6 Å². The van der Waals surface area contributed by atoms with E-state index in [4.69, 9.17) is 5.73 Å². The number of aldehydes is 1. The Hall–Kier alpha value is -4.47. The number of amides is 4. The minimum absolute atomic E-state index is 0.0509. The summed E-state index contributed by atoms with van der Waals surface area (Å²) < 4.78 is 0. The van der Waals surface area contributed by atoms with E-state index in [1.165, 1.54) is 18.2 Å². The molecule has 0 heterocycles. The number of carbonyl (C=O) groups is 5. The van der Waals surface area contributed by atoms with Crippen molar-refractivity contribution in [3.63, 3.8) is 0 Å². The summed E-state index contributed by atoms with van der Waals surface area (Å²) >= 11 is 0. The molecule has 0 unspecified atom stereocenters. The number of phenols is 1. The standard InChI is InChI=1S/C27H32N4O6/c1-17(2)14-22(25(28)35)31-27(37)23(15-19-7-11-21(33)12-8-19)30-24(34)16-29-26(36)20-9-5-18(6-10-20)4-3-13-32/h3-13,17,22-23,33H,14-16H2,1-2H3,(H2,28,35)(H,29,36)(H,30,34)(H,31,37)/b4-3+/t22-,23-/m0/s1. The molecule has 196 valence electrons. The molecule has 6 N–H and O–H groups in total. The van der Waals surface area contributed by atoms with Crippen molar-refractivity contribution in [2.75, 3.05) is 6.54 Å². The van der Waals surface area contributed by atoms with Gasteiger partial charge in [0.05, 0.1) is 6.54 Å². The number of primary amides is 1. The maximum atomic E-state index is 13.0. The number of allylic oxidation sites excluding steroid dienone is 1. The third kappa shape index (κ3) is 9.96. The lowest BCUT2D eigenvalue weighted by atomic mass is 10.0. The molecule has 2 rings (SSSR count). The minimum Gasteiger partial charge on any atom is -0.508 e. The van der Waals surface area contributed by atoms with E-state index < -0.39 is 42.3 Å². The van der Waals surface area contributed by atoms with Gasteiger partial charge >= 0.3 is 0 Å². The normalized spacial score (nSPS) is 12.5. The number of carbonyl (C=O) groups excluding carboxylic acids is 5. The molecule has 10 nitrogen and oxygen atoms in total. The van der Waals surface area contributed by atoms with Gasteiger partial charge in [0.15, 0.2) is 0 Å². The van der Waals surface area contributed by atoms with Crippen LogP contribution >= 0.6 is 0 Å². The molecule has 0 spiro atoms. The largest absolute Gasteiger partial charge is 0.508 e. The summed E-state index contributed by atoms with van der Waals surface area (Å²) in [6, 6.07) is 10.6. The van der Waals surface area contributed by atoms with Crippen molar-refractivity contribution in [2.24, 2.45) is 11.7 Å². The molecule has 0 radical (unpaired) electrons. The van der Waals surface area contributed by atoms with Crippen LogP contribution in [0.5, 0.6) is 5.75 Å². The first kappa shape index (κ1) is 28.8. The lowest BCUT2D eigenvalue weighted by Gasteiger charge is -2.23. The fourth-order valence-corrected chi connectivity index (χ4v) is 3.47. The summed E-state index contributed by atoms with van der Waals surface area (Å²) in [6.45, 7) is 3.38. The number of rotatable bonds is 13. The summed E-state index contributed by atoms with van der Waals surface area (Å²) in [4.78, 5) is 60.3. The average molecular weight is 509 g/mol. The highest BCUT2D eigenvalue weighted by Crippen LogP contribution is 2.12. The molecule has 2 aromatic carbocycles. The van der Waals surface area contributed by atoms with Gasteiger partial charge in [-0.25, -0.2) is 0 Å². The van der Waals surface area contributed by atoms with Crippen molar-refractivity contribution in [2.45, 2.75) is 38.8 Å². The zero-order chi connectivity index (χ0) is 27.4. The van der Waals surface area contributed by atoms with E-state index in [0.717, 1.165) is 5.56 Å². The van der Waals surface area contributed by atoms with Crippen molar-refractivity contribution < 1.29 is 29.1 Å². The Bertz CT molecular complexity index is 1130. The average Bonchev–Trinajstić information content (AvgIpc) is 2.86. The van der Waals surface area contributed by atoms with E-state index in [-0.39, 0.29) is 18.1 Å². The maximum absolute atomic E-state index is 13.0. The van der Waals surface area contributed by atoms with Gasteiger partial charge in [0.2, 0.25) is 17.7 Å². The van der Waals surface area contributed by atoms with Gasteiger partial charge in [-0.15, -0.1) is 0 Å². The topological polar surface area (TPSA) is 168 Å². The van der Waals surface area contributed by atoms with Gasteiger partial charge in [-0.05, 0) is 53.8 Å². The second-order valence-electron chi connectivity index (χ2n) is 8.88. The van der Waals surface area contributed by atoms with Crippen molar-refractivity contribution in [3.8, 4) is 5.75 Å². The minimum atomic E-state index is -1.06. The summed E-state index contributed by atoms with van der Waals surface area (Å²) in [7, 11) is 0. The number of hydrogen-bond acceptors (Lipinski definition) is 6. The third-order valence-corrected chi connectivity index (χ3v) is 5.34. The molecular formula is C27H32N4O6. The molecule has 10 heteroatoms. The van der Waals surface area contributed by atoms with Gasteiger partial charge in [0, 0.05) is 12.0 Å². The predicted octanol–water partition coefficient (Wildman–Crippen LogP) is 1.08. The molecule has 0 saturated heterocycles. The predicted molar refractivity (Wildman–Crippen MR) is 138 cm³/mol. The van der Waals surface area contributed by atoms with Gasteiger partial charge in [0.25, 0.3) is 5.91 Å². The van der Waals surface area contributed by atoms with Crippen LogP contribution < -0.4 is 21.7 Å². The molecule has 0 aliphatic rings. The van der Waals surface area contributed by atoms with E-state index in [0.29, 0.717) is 23.8 Å². The molecule has 0 aliphatic carbocycles. The van der Waals surface area contributed by atoms with Gasteiger partial charge < -0.3 is 26.8 Å². The smallest absolute Gasteiger partial charge is 0.251 e. The molecule has 2 aromatic rings. The van der Waals surface area contributed by atoms with Gasteiger partial charge in [0.1, 0.15) is 24.1 Å². The summed E-state index contributed by atoms with van der Waals surface area (Å²) in [5.74, 6) is -2.25. The van der Waals surface area contributed by atoms with Crippen LogP contribution in [0.25, 0.3) is 6.08 Å². The maximum Gasteiger partial charge on any atom is 0.251 e. The van der Waals surface area contributed by atoms with Crippen LogP contribution in [-0.2, 0) is 25.6 Å². The molecule has 0 aromatic heterocycles. The third-order valence-electron chi connectivity index (χ3n) is 5.34. The monoisotopic (exact) mass is 508 g/mol. The number of hydrogen-bond donors (Lipinski definition) is 5. The van der Waals surface area contributed by atoms with Gasteiger partial charge in [-0.3, -0.25) is 24.0 Å². The first-order valence-electron chi connectivity index (χ1n) is 11.8. The molecule has 0 bridgehead atoms. The van der Waals surface area contributed by atoms with Crippen molar-refractivity contribution >= 4 is 36.0 Å². The lowest BCUT2D eigenvalue weighted by Crippen LogP contribution is -2.55. The lowest BCUT2D eigenvalue weighted by molar-refractivity contribution is -0.131. The zero-order valence-corrected chi connectivity index (χ0v) is 20.8. The SMILES string of the molecule is CC(C)C[C@H](NC(=O)[C@H](Cc1ccc(O)cc1)NC(=O)CNC(=O)c1ccc(/C=C/C=O)cc1)C(N)=O. The Labute approximate surface area is 215 Å². The fraction of sp³-hybridized carbons (Fsp3) is 0.296. The number of phenolic OH excluding ortho intramolecular Hbond substituents is 1. The molecule has 0 aliphatic heterocycles. The highest BCUT2D eigenvalue weighted by molar-refractivity contribution is 5.97. The van der Waals surface area contributed by atoms with E-state index >= 15 is 0 Å². The number of nitrogens with one attached hydrogen (secondary N) is 3. The van der Waals surface area contributed by atoms with Crippen molar-refractivity contribution in [1.82, 2.24) is 16.0 Å². The molecule has 0 fully saturated rings. The first-order chi connectivity index (χ1) is 17.6. The van der Waals surface area contributed by atoms with Gasteiger partial charge in [-0.1, -0.05) is 44.2 Å². The Morgan fingerprint density at radius 1 is 0.946 bits per heavy atom. The number of benzene rings is 2. The second-order valence-corrected chi connectivity index (χ2v) is 8.88. The number of nitrogens with two attached hydrogens (primary N) is 1. The van der Waals surface area contributed by atoms with E-state index in [2.05, 4.69) is 16.0 Å². The summed E-state index contributed by atoms with van der Waals surface area (Å²) in [6.07, 6.45) is 3.98. The molecular weight excluding hydrogens is 476 g/mol. The summed E-state index contributed by atoms with van der Waals surface area (Å²) in [5, 5.41) is 17.2. The molecule has 4 amide bonds. The van der Waals surface area contributed by atoms with Gasteiger partial charge in [-0.2, -0.15) is 0 Å². The van der Waals surface area contributed by atoms with E-state index in [1.807, 2.05) is 13.8 Å². The van der Waals surface area contributed by atoms with Crippen LogP contribution in [0.15, 0.2) is 54.6 Å². The Kier molecular flexibility index (Phi) is 11.0. The van der Waals surface area contributed by atoms with E-state index in [9.17, 15) is 29.1 Å². The zero-order valence-electron chi connectivity index (χ0n) is 20.8. The highest BCUT2D eigenvalue weighted by Gasteiger charge is 2.26. The quantitative estimate of drug-likeness (QED) is 0.200. The Morgan fingerprint density at radius 2 is 1.59 bits per heavy atom. The molecule has 0 saturated carbocycles. The number of aromatic hydroxyl groups is 1. The van der Waals surface area contributed by atoms with E-state index in [1.54, 1.807) is 42.5 Å². The highest BCUT2D eigenvalue weighted by atomic mass is 16.3. The van der Waals surface area contributed by atoms with Crippen LogP contribution in [0.4, 0.5) is 0 Å². The molecule has 2 atom stereocenters. The van der Waals surface area contributed by atoms with Crippen LogP contribution in [0.3, 0.4) is 0 Å². The van der Waals surface area contributed by atoms with Crippen molar-refractivity contribution in [1.29, 1.82) is 0 Å². The second kappa shape index (κ2) is 14.2. The Balaban J connectivity index is 2.06. The van der Waals surface area contributed by atoms with Crippen molar-refractivity contribution in [3.05, 3.63) is 71.3 Å². The Morgan fingerprint density at radius 3 is 2.16 bits per heavy atom. The van der Waals surface area contributed by atoms with Crippen LogP contribution in [0, 0.1) is 5.92 Å².